The fourth-order valence-electron chi connectivity index (χ4n) is 17.0. The number of piperidine rings is 3. The molecule has 5 N–H and O–H groups in total. The molecule has 0 unspecified atom stereocenters. The Morgan fingerprint density at radius 3 is 1.04 bits per heavy atom. The molecule has 2 amide bonds. The number of hydrogen-bond acceptors (Lipinski definition) is 19. The Hall–Kier alpha value is -9.49. The Morgan fingerprint density at radius 1 is 0.446 bits per heavy atom. The minimum atomic E-state index is -1.23. The monoisotopic (exact) mass is 1560 g/mol. The van der Waals surface area contributed by atoms with Gasteiger partial charge in [-0.2, -0.15) is 51.1 Å². The largest absolute Gasteiger partial charge is 0.477 e. The van der Waals surface area contributed by atoms with Crippen molar-refractivity contribution in [2.75, 3.05) is 58.0 Å². The van der Waals surface area contributed by atoms with Crippen molar-refractivity contribution >= 4 is 69.6 Å². The first-order chi connectivity index (χ1) is 54.5. The van der Waals surface area contributed by atoms with E-state index in [2.05, 4.69) is 77.3 Å². The van der Waals surface area contributed by atoms with Crippen LogP contribution in [-0.4, -0.2) is 158 Å². The number of carboxylic acids is 1. The molecule has 0 spiro atoms. The molecule has 9 aromatic rings. The number of thioether (sulfide) groups is 3. The van der Waals surface area contributed by atoms with E-state index >= 15 is 0 Å². The molecular formula is C87H101N15O7S3. The number of nitrogens with two attached hydrogens (primary N) is 1. The molecule has 3 aliphatic heterocycles. The summed E-state index contributed by atoms with van der Waals surface area (Å²) in [4.78, 5) is 97.5. The quantitative estimate of drug-likeness (QED) is 0.0658. The van der Waals surface area contributed by atoms with Gasteiger partial charge in [-0.3, -0.25) is 66.8 Å². The Balaban J connectivity index is 0.000000148. The highest BCUT2D eigenvalue weighted by molar-refractivity contribution is 7.99. The minimum Gasteiger partial charge on any atom is -0.477 e. The third kappa shape index (κ3) is 18.9. The summed E-state index contributed by atoms with van der Waals surface area (Å²) in [5, 5.41) is 47.2. The molecule has 6 fully saturated rings. The molecule has 3 aliphatic carbocycles. The van der Waals surface area contributed by atoms with E-state index in [0.717, 1.165) is 115 Å². The van der Waals surface area contributed by atoms with Crippen LogP contribution in [0.1, 0.15) is 180 Å². The molecule has 0 radical (unpaired) electrons. The van der Waals surface area contributed by atoms with Gasteiger partial charge in [0.2, 0.25) is 0 Å². The lowest BCUT2D eigenvalue weighted by molar-refractivity contribution is 0.0693. The lowest BCUT2D eigenvalue weighted by atomic mass is 9.76. The first kappa shape index (κ1) is 82.0. The molecule has 0 bridgehead atoms. The van der Waals surface area contributed by atoms with E-state index in [4.69, 9.17) is 5.73 Å². The average Bonchev–Trinajstić information content (AvgIpc) is 0.758. The molecule has 584 valence electrons. The number of amides is 2. The molecule has 112 heavy (non-hydrogen) atoms. The summed E-state index contributed by atoms with van der Waals surface area (Å²) in [5.74, 6) is -1.80. The van der Waals surface area contributed by atoms with Crippen molar-refractivity contribution in [1.29, 1.82) is 15.8 Å². The minimum absolute atomic E-state index is 0.0864. The number of hydrogen-bond donors (Lipinski definition) is 4. The van der Waals surface area contributed by atoms with Gasteiger partial charge < -0.3 is 21.5 Å². The third-order valence-corrected chi connectivity index (χ3v) is 27.2. The van der Waals surface area contributed by atoms with Crippen molar-refractivity contribution in [3.63, 3.8) is 0 Å². The summed E-state index contributed by atoms with van der Waals surface area (Å²) in [6, 6.07) is 47.1. The van der Waals surface area contributed by atoms with Crippen LogP contribution in [0, 0.1) is 34.0 Å². The number of fused-ring (bicyclic) bond motifs is 3. The number of likely N-dealkylation sites (tertiary alicyclic amines) is 3. The van der Waals surface area contributed by atoms with Gasteiger partial charge in [0.05, 0.1) is 51.8 Å². The first-order valence-electron chi connectivity index (χ1n) is 39.2. The molecule has 3 saturated heterocycles. The topological polar surface area (TPSA) is 306 Å². The van der Waals surface area contributed by atoms with Crippen molar-refractivity contribution in [3.8, 4) is 18.2 Å². The van der Waals surface area contributed by atoms with Crippen LogP contribution in [0.5, 0.6) is 0 Å². The normalized spacial score (nSPS) is 21.6. The van der Waals surface area contributed by atoms with Gasteiger partial charge in [0.1, 0.15) is 32.9 Å². The van der Waals surface area contributed by atoms with Gasteiger partial charge in [-0.05, 0) is 204 Å². The lowest BCUT2D eigenvalue weighted by Gasteiger charge is -2.37. The number of aromatic nitrogens is 6. The zero-order valence-corrected chi connectivity index (χ0v) is 66.7. The van der Waals surface area contributed by atoms with Crippen LogP contribution in [0.3, 0.4) is 0 Å². The summed E-state index contributed by atoms with van der Waals surface area (Å²) < 4.78 is 4.57. The molecular weight excluding hydrogens is 1460 g/mol. The second-order valence-corrected chi connectivity index (χ2v) is 33.6. The standard InChI is InChI=1S/2C29H33N5O2S.C22H20N4O3.C7H15NS/c2*1-37-25-10-3-2-8-23(25)32-27(35)22-18-21(24-9-5-7-15-34(24)28(22)36)19-33-16-12-29(20-30,13-17-33)26-11-4-6-14-31-26;23-15-22(19-6-1-3-9-24-19)7-11-25(12-8-22)14-16-13-17(21(28)29)20(27)26-10-4-2-5-18(16)26;1-9-7-5-3-2-4-6(7)8/h2*4-7,9,11,14-15,18,23,25H,2-3,8,10,12-13,16-17,19H2,1H3,(H,32,35);1-6,9-10,13H,7-8,11-12,14H2,(H,28,29);6-7H,2-5,8H2,1H3/t2*23-,25-;;6-,7-/m00.0/s1. The molecule has 6 atom stereocenters. The number of aromatic carboxylic acids is 1. The molecule has 3 saturated carbocycles. The molecule has 12 heterocycles. The van der Waals surface area contributed by atoms with Crippen LogP contribution >= 0.6 is 35.3 Å². The summed E-state index contributed by atoms with van der Waals surface area (Å²) in [7, 11) is 0. The van der Waals surface area contributed by atoms with Gasteiger partial charge in [0.25, 0.3) is 28.5 Å². The molecule has 25 heteroatoms. The predicted octanol–water partition coefficient (Wildman–Crippen LogP) is 12.4. The summed E-state index contributed by atoms with van der Waals surface area (Å²) in [6.07, 6.45) is 34.6. The number of nitrogens with zero attached hydrogens (tertiary/aromatic N) is 12. The predicted molar refractivity (Wildman–Crippen MR) is 444 cm³/mol. The smallest absolute Gasteiger partial charge is 0.341 e. The Kier molecular flexibility index (Phi) is 28.1. The average molecular weight is 1570 g/mol. The maximum atomic E-state index is 13.4. The van der Waals surface area contributed by atoms with E-state index in [9.17, 15) is 49.7 Å². The maximum Gasteiger partial charge on any atom is 0.341 e. The van der Waals surface area contributed by atoms with Crippen molar-refractivity contribution in [3.05, 3.63) is 246 Å². The molecule has 0 aromatic carbocycles. The number of rotatable bonds is 17. The molecule has 22 nitrogen and oxygen atoms in total. The van der Waals surface area contributed by atoms with Crippen LogP contribution in [0.2, 0.25) is 0 Å². The van der Waals surface area contributed by atoms with E-state index in [0.29, 0.717) is 93.3 Å². The van der Waals surface area contributed by atoms with E-state index in [1.165, 1.54) is 49.0 Å². The SMILES string of the molecule is CS[C@H]1CCCC[C@@H]1N.CS[C@H]1CCCC[C@@H]1NC(=O)c1cc(CN2CCC(C#N)(c3ccccn3)CC2)c2ccccn2c1=O.CS[C@H]1CCCC[C@@H]1NC(=O)c1cc(CN2CCC(C#N)(c3ccccn3)CC2)c2ccccn2c1=O.N#CC1(c2ccccn2)CCN(Cc2cc(C(=O)O)c(=O)n3ccccc23)CC1. The van der Waals surface area contributed by atoms with Crippen LogP contribution in [0.4, 0.5) is 0 Å². The van der Waals surface area contributed by atoms with Crippen molar-refractivity contribution < 1.29 is 19.5 Å². The zero-order valence-electron chi connectivity index (χ0n) is 64.2. The number of nitrogens with one attached hydrogen (secondary N) is 2. The molecule has 15 rings (SSSR count). The summed E-state index contributed by atoms with van der Waals surface area (Å²) >= 11 is 5.51. The number of carbonyl (C=O) groups is 3. The van der Waals surface area contributed by atoms with Crippen LogP contribution in [0.15, 0.2) is 179 Å². The van der Waals surface area contributed by atoms with E-state index < -0.39 is 27.8 Å². The second-order valence-electron chi connectivity index (χ2n) is 30.4. The second kappa shape index (κ2) is 38.4. The summed E-state index contributed by atoms with van der Waals surface area (Å²) in [5.41, 5.74) is 10.6. The maximum absolute atomic E-state index is 13.4. The van der Waals surface area contributed by atoms with Crippen molar-refractivity contribution in [2.45, 2.75) is 185 Å². The van der Waals surface area contributed by atoms with E-state index in [1.807, 2.05) is 115 Å². The van der Waals surface area contributed by atoms with Crippen LogP contribution < -0.4 is 33.0 Å². The number of carbonyl (C=O) groups excluding carboxylic acids is 2. The third-order valence-electron chi connectivity index (χ3n) is 23.7. The Labute approximate surface area is 667 Å². The van der Waals surface area contributed by atoms with Gasteiger partial charge in [0.15, 0.2) is 0 Å². The van der Waals surface area contributed by atoms with Gasteiger partial charge in [0, 0.05) is 130 Å². The fourth-order valence-corrected chi connectivity index (χ4v) is 19.8. The number of nitriles is 3. The van der Waals surface area contributed by atoms with Crippen molar-refractivity contribution in [1.82, 2.24) is 53.5 Å². The van der Waals surface area contributed by atoms with Crippen molar-refractivity contribution in [2.24, 2.45) is 5.73 Å². The van der Waals surface area contributed by atoms with Gasteiger partial charge in [-0.15, -0.1) is 0 Å². The highest BCUT2D eigenvalue weighted by Crippen LogP contribution is 2.38. The molecule has 6 aliphatic rings. The van der Waals surface area contributed by atoms with Gasteiger partial charge >= 0.3 is 5.97 Å². The van der Waals surface area contributed by atoms with E-state index in [1.54, 1.807) is 87.7 Å². The first-order valence-corrected chi connectivity index (χ1v) is 43.1. The highest BCUT2D eigenvalue weighted by Gasteiger charge is 2.41. The van der Waals surface area contributed by atoms with Crippen LogP contribution in [0.25, 0.3) is 16.6 Å². The highest BCUT2D eigenvalue weighted by atomic mass is 32.2. The summed E-state index contributed by atoms with van der Waals surface area (Å²) in [6.45, 7) is 6.04. The van der Waals surface area contributed by atoms with E-state index in [-0.39, 0.29) is 51.7 Å². The van der Waals surface area contributed by atoms with Crippen LogP contribution in [-0.2, 0) is 35.9 Å². The number of carboxylic acid groups (broad SMARTS) is 1. The fraction of sp³-hybridized carbons (Fsp3) is 0.448. The Bertz CT molecular complexity index is 4850. The van der Waals surface area contributed by atoms with Gasteiger partial charge in [-0.25, -0.2) is 4.79 Å². The molecule has 9 aromatic heterocycles. The Morgan fingerprint density at radius 2 is 0.750 bits per heavy atom. The lowest BCUT2D eigenvalue weighted by Crippen LogP contribution is -2.45. The zero-order chi connectivity index (χ0) is 78.8. The van der Waals surface area contributed by atoms with Gasteiger partial charge in [-0.1, -0.05) is 74.9 Å². The number of pyridine rings is 9.